The standard InChI is InChI=1S/C17H12ClN3S2/c18-12-6-4-11(5-7-12)14-13(10-19)16(22)20-17(23)15(14)21-8-2-1-3-9-21/h1-9,14-15H,(H-,20,22,23)/t14-,15+/m1/s1. The van der Waals surface area contributed by atoms with Crippen molar-refractivity contribution in [2.45, 2.75) is 12.0 Å². The van der Waals surface area contributed by atoms with E-state index >= 15 is 0 Å². The molecule has 0 spiro atoms. The van der Waals surface area contributed by atoms with Crippen molar-refractivity contribution < 1.29 is 4.57 Å². The molecule has 0 radical (unpaired) electrons. The van der Waals surface area contributed by atoms with Crippen LogP contribution in [-0.2, 0) is 12.6 Å². The molecule has 0 fully saturated rings. The summed E-state index contributed by atoms with van der Waals surface area (Å²) in [5, 5.41) is 13.6. The lowest BCUT2D eigenvalue weighted by Crippen LogP contribution is -2.52. The van der Waals surface area contributed by atoms with Crippen molar-refractivity contribution in [1.82, 2.24) is 5.32 Å². The van der Waals surface area contributed by atoms with Crippen LogP contribution in [0.15, 0.2) is 65.5 Å². The lowest BCUT2D eigenvalue weighted by Gasteiger charge is -2.34. The Balaban J connectivity index is 2.18. The van der Waals surface area contributed by atoms with Crippen molar-refractivity contribution in [2.24, 2.45) is 0 Å². The second-order valence-electron chi connectivity index (χ2n) is 5.14. The molecule has 2 atom stereocenters. The van der Waals surface area contributed by atoms with Gasteiger partial charge < -0.3 is 17.9 Å². The number of allylic oxidation sites excluding steroid dienone is 1. The summed E-state index contributed by atoms with van der Waals surface area (Å²) in [5.41, 5.74) is 1.47. The van der Waals surface area contributed by atoms with Gasteiger partial charge in [-0.05, 0) is 17.7 Å². The molecular weight excluding hydrogens is 346 g/mol. The molecule has 1 aliphatic heterocycles. The summed E-state index contributed by atoms with van der Waals surface area (Å²) in [7, 11) is 0. The molecule has 1 aromatic carbocycles. The van der Waals surface area contributed by atoms with E-state index in [1.807, 2.05) is 59.4 Å². The summed E-state index contributed by atoms with van der Waals surface area (Å²) in [6.45, 7) is 0. The van der Waals surface area contributed by atoms with Crippen LogP contribution in [0.4, 0.5) is 0 Å². The number of nitrogens with one attached hydrogen (secondary N) is 1. The first-order valence-electron chi connectivity index (χ1n) is 6.95. The SMILES string of the molecule is N#CC1=C([S-])NC(=S)[C@@H]([n+]2ccccc2)[C@@H]1c1ccc(Cl)cc1. The Morgan fingerprint density at radius 3 is 2.43 bits per heavy atom. The Morgan fingerprint density at radius 1 is 1.17 bits per heavy atom. The molecule has 0 saturated heterocycles. The maximum atomic E-state index is 9.61. The summed E-state index contributed by atoms with van der Waals surface area (Å²) in [6, 6.07) is 15.3. The highest BCUT2D eigenvalue weighted by atomic mass is 35.5. The number of nitrogens with zero attached hydrogens (tertiary/aromatic N) is 2. The number of hydrogen-bond acceptors (Lipinski definition) is 3. The van der Waals surface area contributed by atoms with E-state index in [1.165, 1.54) is 0 Å². The Morgan fingerprint density at radius 2 is 1.83 bits per heavy atom. The summed E-state index contributed by atoms with van der Waals surface area (Å²) < 4.78 is 1.99. The van der Waals surface area contributed by atoms with E-state index < -0.39 is 0 Å². The summed E-state index contributed by atoms with van der Waals surface area (Å²) in [6.07, 6.45) is 3.87. The van der Waals surface area contributed by atoms with Crippen molar-refractivity contribution in [3.63, 3.8) is 0 Å². The largest absolute Gasteiger partial charge is 0.761 e. The third kappa shape index (κ3) is 3.06. The van der Waals surface area contributed by atoms with Gasteiger partial charge in [-0.15, -0.1) is 0 Å². The Bertz CT molecular complexity index is 810. The van der Waals surface area contributed by atoms with Crippen LogP contribution in [0.5, 0.6) is 0 Å². The third-order valence-corrected chi connectivity index (χ3v) is 4.70. The van der Waals surface area contributed by atoms with Gasteiger partial charge >= 0.3 is 0 Å². The normalized spacial score (nSPS) is 20.8. The molecule has 3 nitrogen and oxygen atoms in total. The van der Waals surface area contributed by atoms with E-state index in [-0.39, 0.29) is 12.0 Å². The number of halogens is 1. The average Bonchev–Trinajstić information content (AvgIpc) is 2.56. The number of nitriles is 1. The van der Waals surface area contributed by atoms with Crippen molar-refractivity contribution in [1.29, 1.82) is 5.26 Å². The van der Waals surface area contributed by atoms with Crippen molar-refractivity contribution in [3.05, 3.63) is 76.0 Å². The van der Waals surface area contributed by atoms with E-state index in [2.05, 4.69) is 11.4 Å². The molecule has 23 heavy (non-hydrogen) atoms. The Hall–Kier alpha value is -2.00. The van der Waals surface area contributed by atoms with E-state index in [4.69, 9.17) is 36.4 Å². The molecule has 1 aliphatic rings. The number of thiocarbonyl (C=S) groups is 1. The first-order valence-corrected chi connectivity index (χ1v) is 8.14. The van der Waals surface area contributed by atoms with Gasteiger partial charge in [0.25, 0.3) is 0 Å². The highest BCUT2D eigenvalue weighted by Gasteiger charge is 2.40. The maximum absolute atomic E-state index is 9.61. The molecule has 0 saturated carbocycles. The molecule has 3 rings (SSSR count). The monoisotopic (exact) mass is 357 g/mol. The minimum atomic E-state index is -0.245. The van der Waals surface area contributed by atoms with Crippen LogP contribution in [0, 0.1) is 11.3 Å². The van der Waals surface area contributed by atoms with Crippen LogP contribution in [0.2, 0.25) is 5.02 Å². The van der Waals surface area contributed by atoms with Gasteiger partial charge in [0.05, 0.1) is 12.0 Å². The van der Waals surface area contributed by atoms with Crippen LogP contribution < -0.4 is 9.88 Å². The van der Waals surface area contributed by atoms with Gasteiger partial charge in [0, 0.05) is 22.7 Å². The molecular formula is C17H12ClN3S2. The second kappa shape index (κ2) is 6.63. The van der Waals surface area contributed by atoms with Crippen molar-refractivity contribution >= 4 is 41.4 Å². The zero-order chi connectivity index (χ0) is 16.4. The molecule has 1 N–H and O–H groups in total. The number of rotatable bonds is 2. The van der Waals surface area contributed by atoms with Gasteiger partial charge in [-0.1, -0.05) is 47.0 Å². The Labute approximate surface area is 150 Å². The van der Waals surface area contributed by atoms with E-state index in [9.17, 15) is 5.26 Å². The van der Waals surface area contributed by atoms with Crippen LogP contribution >= 0.6 is 23.8 Å². The fourth-order valence-electron chi connectivity index (χ4n) is 2.75. The lowest BCUT2D eigenvalue weighted by molar-refractivity contribution is -0.708. The van der Waals surface area contributed by atoms with Gasteiger partial charge in [-0.2, -0.15) is 9.83 Å². The molecule has 0 amide bonds. The minimum absolute atomic E-state index is 0.214. The number of pyridine rings is 1. The van der Waals surface area contributed by atoms with Gasteiger partial charge in [0.15, 0.2) is 12.4 Å². The second-order valence-corrected chi connectivity index (χ2v) is 6.43. The van der Waals surface area contributed by atoms with Crippen LogP contribution in [0.25, 0.3) is 0 Å². The van der Waals surface area contributed by atoms with Gasteiger partial charge in [-0.25, -0.2) is 0 Å². The third-order valence-electron chi connectivity index (χ3n) is 3.79. The summed E-state index contributed by atoms with van der Waals surface area (Å²) in [4.78, 5) is 0.602. The highest BCUT2D eigenvalue weighted by molar-refractivity contribution is 7.80. The predicted molar refractivity (Wildman–Crippen MR) is 95.6 cm³/mol. The topological polar surface area (TPSA) is 39.7 Å². The van der Waals surface area contributed by atoms with Crippen LogP contribution in [0.3, 0.4) is 0 Å². The quantitative estimate of drug-likeness (QED) is 0.509. The molecule has 6 heteroatoms. The molecule has 114 valence electrons. The minimum Gasteiger partial charge on any atom is -0.761 e. The zero-order valence-corrected chi connectivity index (χ0v) is 14.3. The molecule has 0 unspecified atom stereocenters. The van der Waals surface area contributed by atoms with Crippen LogP contribution in [-0.4, -0.2) is 4.99 Å². The molecule has 2 heterocycles. The van der Waals surface area contributed by atoms with Gasteiger partial charge in [0.2, 0.25) is 6.04 Å². The molecule has 0 aliphatic carbocycles. The van der Waals surface area contributed by atoms with Gasteiger partial charge in [-0.3, -0.25) is 0 Å². The maximum Gasteiger partial charge on any atom is 0.219 e. The van der Waals surface area contributed by atoms with Crippen molar-refractivity contribution in [2.75, 3.05) is 0 Å². The summed E-state index contributed by atoms with van der Waals surface area (Å²) >= 11 is 16.8. The number of hydrogen-bond donors (Lipinski definition) is 1. The zero-order valence-electron chi connectivity index (χ0n) is 11.9. The Kier molecular flexibility index (Phi) is 4.58. The molecule has 1 aromatic heterocycles. The van der Waals surface area contributed by atoms with Gasteiger partial charge in [0.1, 0.15) is 4.99 Å². The lowest BCUT2D eigenvalue weighted by atomic mass is 9.83. The predicted octanol–water partition coefficient (Wildman–Crippen LogP) is 3.17. The average molecular weight is 358 g/mol. The van der Waals surface area contributed by atoms with E-state index in [0.717, 1.165) is 5.56 Å². The number of benzene rings is 1. The van der Waals surface area contributed by atoms with E-state index in [1.54, 1.807) is 0 Å². The summed E-state index contributed by atoms with van der Waals surface area (Å²) in [5.74, 6) is -0.245. The fraction of sp³-hybridized carbons (Fsp3) is 0.118. The highest BCUT2D eigenvalue weighted by Crippen LogP contribution is 2.37. The smallest absolute Gasteiger partial charge is 0.219 e. The first-order chi connectivity index (χ1) is 11.1. The first kappa shape index (κ1) is 15.9. The van der Waals surface area contributed by atoms with Crippen molar-refractivity contribution in [3.8, 4) is 6.07 Å². The number of aromatic nitrogens is 1. The van der Waals surface area contributed by atoms with E-state index in [0.29, 0.717) is 20.6 Å². The molecule has 2 aromatic rings. The fourth-order valence-corrected chi connectivity index (χ4v) is 3.58. The van der Waals surface area contributed by atoms with Crippen LogP contribution in [0.1, 0.15) is 17.5 Å². The molecule has 0 bridgehead atoms.